The van der Waals surface area contributed by atoms with E-state index in [1.165, 1.54) is 22.9 Å². The third-order valence-electron chi connectivity index (χ3n) is 3.14. The summed E-state index contributed by atoms with van der Waals surface area (Å²) in [4.78, 5) is 0. The lowest BCUT2D eigenvalue weighted by molar-refractivity contribution is 0.628. The fraction of sp³-hybridized carbons (Fsp3) is 0.250. The highest BCUT2D eigenvalue weighted by Crippen LogP contribution is 2.11. The summed E-state index contributed by atoms with van der Waals surface area (Å²) in [6.45, 7) is 7.74. The van der Waals surface area contributed by atoms with E-state index in [1.54, 1.807) is 6.07 Å². The van der Waals surface area contributed by atoms with E-state index in [0.717, 1.165) is 12.2 Å². The first-order chi connectivity index (χ1) is 8.95. The monoisotopic (exact) mass is 273 g/mol. The number of anilines is 1. The van der Waals surface area contributed by atoms with Gasteiger partial charge in [-0.25, -0.2) is 4.39 Å². The van der Waals surface area contributed by atoms with Crippen LogP contribution in [0.3, 0.4) is 0 Å². The molecule has 0 heterocycles. The highest BCUT2D eigenvalue weighted by Gasteiger charge is 2.15. The van der Waals surface area contributed by atoms with Gasteiger partial charge in [-0.2, -0.15) is 0 Å². The molecule has 0 bridgehead atoms. The molecule has 1 nitrogen and oxygen atoms in total. The van der Waals surface area contributed by atoms with Crippen molar-refractivity contribution in [3.63, 3.8) is 0 Å². The highest BCUT2D eigenvalue weighted by molar-refractivity contribution is 6.88. The maximum Gasteiger partial charge on any atom is 0.125 e. The Morgan fingerprint density at radius 2 is 1.68 bits per heavy atom. The third kappa shape index (κ3) is 3.93. The van der Waals surface area contributed by atoms with Crippen molar-refractivity contribution < 1.29 is 4.39 Å². The molecule has 0 aliphatic rings. The molecule has 0 aliphatic heterocycles. The zero-order valence-electron chi connectivity index (χ0n) is 11.7. The van der Waals surface area contributed by atoms with Crippen LogP contribution in [-0.4, -0.2) is 8.07 Å². The van der Waals surface area contributed by atoms with Crippen LogP contribution in [-0.2, 0) is 6.54 Å². The Kier molecular flexibility index (Phi) is 4.05. The van der Waals surface area contributed by atoms with Gasteiger partial charge in [0.25, 0.3) is 0 Å². The molecule has 0 radical (unpaired) electrons. The summed E-state index contributed by atoms with van der Waals surface area (Å²) in [6, 6.07) is 15.3. The minimum Gasteiger partial charge on any atom is -0.381 e. The fourth-order valence-corrected chi connectivity index (χ4v) is 3.09. The summed E-state index contributed by atoms with van der Waals surface area (Å²) in [5.41, 5.74) is 2.03. The maximum absolute atomic E-state index is 13.0. The molecule has 0 aliphatic carbocycles. The summed E-state index contributed by atoms with van der Waals surface area (Å²) < 4.78 is 13.0. The molecule has 3 heteroatoms. The molecule has 0 saturated carbocycles. The topological polar surface area (TPSA) is 12.0 Å². The first kappa shape index (κ1) is 13.8. The van der Waals surface area contributed by atoms with E-state index in [2.05, 4.69) is 49.2 Å². The van der Waals surface area contributed by atoms with Gasteiger partial charge in [-0.15, -0.1) is 0 Å². The lowest BCUT2D eigenvalue weighted by atomic mass is 10.2. The number of rotatable bonds is 4. The predicted molar refractivity (Wildman–Crippen MR) is 83.1 cm³/mol. The number of nitrogens with one attached hydrogen (secondary N) is 1. The van der Waals surface area contributed by atoms with Crippen LogP contribution in [0, 0.1) is 5.82 Å². The SMILES string of the molecule is C[Si](C)(C)c1ccc(CNc2cccc(F)c2)cc1. The molecular weight excluding hydrogens is 253 g/mol. The standard InChI is InChI=1S/C16H20FNSi/c1-19(2,3)16-9-7-13(8-10-16)12-18-15-6-4-5-14(17)11-15/h4-11,18H,12H2,1-3H3. The van der Waals surface area contributed by atoms with Gasteiger partial charge in [0, 0.05) is 12.2 Å². The fourth-order valence-electron chi connectivity index (χ4n) is 1.93. The van der Waals surface area contributed by atoms with E-state index in [0.29, 0.717) is 0 Å². The largest absolute Gasteiger partial charge is 0.381 e. The van der Waals surface area contributed by atoms with Crippen molar-refractivity contribution in [2.24, 2.45) is 0 Å². The van der Waals surface area contributed by atoms with Crippen LogP contribution < -0.4 is 10.5 Å². The van der Waals surface area contributed by atoms with Gasteiger partial charge in [-0.05, 0) is 23.8 Å². The van der Waals surface area contributed by atoms with Gasteiger partial charge >= 0.3 is 0 Å². The van der Waals surface area contributed by atoms with Gasteiger partial charge in [0.1, 0.15) is 5.82 Å². The van der Waals surface area contributed by atoms with Gasteiger partial charge in [0.2, 0.25) is 0 Å². The Hall–Kier alpha value is -1.61. The minimum atomic E-state index is -1.22. The van der Waals surface area contributed by atoms with Crippen molar-refractivity contribution in [1.29, 1.82) is 0 Å². The van der Waals surface area contributed by atoms with Gasteiger partial charge in [0.05, 0.1) is 8.07 Å². The second kappa shape index (κ2) is 5.57. The van der Waals surface area contributed by atoms with Gasteiger partial charge in [-0.3, -0.25) is 0 Å². The highest BCUT2D eigenvalue weighted by atomic mass is 28.3. The predicted octanol–water partition coefficient (Wildman–Crippen LogP) is 3.98. The quantitative estimate of drug-likeness (QED) is 0.831. The smallest absolute Gasteiger partial charge is 0.125 e. The van der Waals surface area contributed by atoms with Gasteiger partial charge < -0.3 is 5.32 Å². The summed E-state index contributed by atoms with van der Waals surface area (Å²) in [7, 11) is -1.22. The first-order valence-corrected chi connectivity index (χ1v) is 10.0. The lowest BCUT2D eigenvalue weighted by Gasteiger charge is -2.17. The van der Waals surface area contributed by atoms with Crippen molar-refractivity contribution in [3.05, 3.63) is 59.9 Å². The average Bonchev–Trinajstić information content (AvgIpc) is 2.36. The Bertz CT molecular complexity index is 543. The molecule has 0 saturated heterocycles. The lowest BCUT2D eigenvalue weighted by Crippen LogP contribution is -2.37. The summed E-state index contributed by atoms with van der Waals surface area (Å²) in [6.07, 6.45) is 0. The summed E-state index contributed by atoms with van der Waals surface area (Å²) >= 11 is 0. The Labute approximate surface area is 115 Å². The number of benzene rings is 2. The van der Waals surface area contributed by atoms with E-state index in [4.69, 9.17) is 0 Å². The first-order valence-electron chi connectivity index (χ1n) is 6.54. The van der Waals surface area contributed by atoms with Gasteiger partial charge in [0.15, 0.2) is 0 Å². The molecule has 0 fully saturated rings. The molecule has 0 unspecified atom stereocenters. The second-order valence-electron chi connectivity index (χ2n) is 5.81. The van der Waals surface area contributed by atoms with Crippen molar-refractivity contribution in [1.82, 2.24) is 0 Å². The third-order valence-corrected chi connectivity index (χ3v) is 5.21. The van der Waals surface area contributed by atoms with Crippen molar-refractivity contribution >= 4 is 18.9 Å². The summed E-state index contributed by atoms with van der Waals surface area (Å²) in [5.74, 6) is -0.209. The van der Waals surface area contributed by atoms with Crippen LogP contribution in [0.1, 0.15) is 5.56 Å². The zero-order valence-corrected chi connectivity index (χ0v) is 12.7. The molecular formula is C16H20FNSi. The second-order valence-corrected chi connectivity index (χ2v) is 10.9. The van der Waals surface area contributed by atoms with Crippen LogP contribution >= 0.6 is 0 Å². The number of halogens is 1. The van der Waals surface area contributed by atoms with E-state index in [9.17, 15) is 4.39 Å². The molecule has 100 valence electrons. The summed E-state index contributed by atoms with van der Waals surface area (Å²) in [5, 5.41) is 4.69. The Morgan fingerprint density at radius 3 is 2.26 bits per heavy atom. The minimum absolute atomic E-state index is 0.209. The van der Waals surface area contributed by atoms with E-state index >= 15 is 0 Å². The molecule has 2 aromatic carbocycles. The Balaban J connectivity index is 2.01. The maximum atomic E-state index is 13.0. The van der Waals surface area contributed by atoms with Crippen molar-refractivity contribution in [2.75, 3.05) is 5.32 Å². The molecule has 1 N–H and O–H groups in total. The average molecular weight is 273 g/mol. The molecule has 0 spiro atoms. The zero-order chi connectivity index (χ0) is 13.9. The van der Waals surface area contributed by atoms with E-state index < -0.39 is 8.07 Å². The van der Waals surface area contributed by atoms with Crippen LogP contribution in [0.4, 0.5) is 10.1 Å². The molecule has 2 aromatic rings. The normalized spacial score (nSPS) is 11.4. The van der Waals surface area contributed by atoms with Crippen molar-refractivity contribution in [2.45, 2.75) is 26.2 Å². The van der Waals surface area contributed by atoms with E-state index in [1.807, 2.05) is 6.07 Å². The van der Waals surface area contributed by atoms with Crippen LogP contribution in [0.15, 0.2) is 48.5 Å². The van der Waals surface area contributed by atoms with Crippen LogP contribution in [0.25, 0.3) is 0 Å². The number of hydrogen-bond acceptors (Lipinski definition) is 1. The molecule has 0 atom stereocenters. The van der Waals surface area contributed by atoms with Crippen LogP contribution in [0.2, 0.25) is 19.6 Å². The van der Waals surface area contributed by atoms with Crippen molar-refractivity contribution in [3.8, 4) is 0 Å². The molecule has 19 heavy (non-hydrogen) atoms. The van der Waals surface area contributed by atoms with E-state index in [-0.39, 0.29) is 5.82 Å². The Morgan fingerprint density at radius 1 is 1.00 bits per heavy atom. The van der Waals surface area contributed by atoms with Gasteiger partial charge in [-0.1, -0.05) is 55.2 Å². The van der Waals surface area contributed by atoms with Crippen LogP contribution in [0.5, 0.6) is 0 Å². The molecule has 0 aromatic heterocycles. The molecule has 2 rings (SSSR count). The molecule has 0 amide bonds. The number of hydrogen-bond donors (Lipinski definition) is 1.